The zero-order chi connectivity index (χ0) is 13.2. The highest BCUT2D eigenvalue weighted by molar-refractivity contribution is 6.02. The minimum Gasteiger partial charge on any atom is -0.490 e. The van der Waals surface area contributed by atoms with Gasteiger partial charge < -0.3 is 14.8 Å². The average molecular weight is 263 g/mol. The van der Waals surface area contributed by atoms with Gasteiger partial charge in [0.25, 0.3) is 0 Å². The largest absolute Gasteiger partial charge is 0.490 e. The zero-order valence-electron chi connectivity index (χ0n) is 10.4. The number of nitrogens with zero attached hydrogens (tertiary/aromatic N) is 2. The predicted molar refractivity (Wildman–Crippen MR) is 66.3 cm³/mol. The predicted octanol–water partition coefficient (Wildman–Crippen LogP) is 1.73. The smallest absolute Gasteiger partial charge is 0.221 e. The summed E-state index contributed by atoms with van der Waals surface area (Å²) in [4.78, 5) is 11.3. The molecule has 1 amide bonds. The van der Waals surface area contributed by atoms with E-state index < -0.39 is 0 Å². The summed E-state index contributed by atoms with van der Waals surface area (Å²) in [5.41, 5.74) is 1.42. The highest BCUT2D eigenvalue weighted by atomic mass is 16.6. The number of hydrogen-bond donors (Lipinski definition) is 1. The van der Waals surface area contributed by atoms with Gasteiger partial charge in [-0.25, -0.2) is 4.63 Å². The van der Waals surface area contributed by atoms with E-state index in [9.17, 15) is 4.79 Å². The molecule has 1 aromatic heterocycles. The summed E-state index contributed by atoms with van der Waals surface area (Å²) in [6.45, 7) is 2.59. The summed E-state index contributed by atoms with van der Waals surface area (Å²) in [6.07, 6.45) is 1.82. The van der Waals surface area contributed by atoms with Gasteiger partial charge in [0.15, 0.2) is 17.0 Å². The Bertz CT molecular complexity index is 623. The number of aromatic nitrogens is 2. The molecule has 2 aromatic rings. The molecule has 0 radical (unpaired) electrons. The number of anilines is 1. The first-order chi connectivity index (χ1) is 9.25. The molecule has 7 heteroatoms. The Morgan fingerprint density at radius 2 is 2.05 bits per heavy atom. The van der Waals surface area contributed by atoms with Crippen molar-refractivity contribution >= 4 is 22.6 Å². The van der Waals surface area contributed by atoms with Crippen molar-refractivity contribution in [1.82, 2.24) is 10.3 Å². The number of hydrogen-bond acceptors (Lipinski definition) is 6. The molecule has 0 atom stereocenters. The van der Waals surface area contributed by atoms with Crippen molar-refractivity contribution in [2.45, 2.75) is 19.8 Å². The highest BCUT2D eigenvalue weighted by Crippen LogP contribution is 2.41. The Balaban J connectivity index is 2.18. The van der Waals surface area contributed by atoms with Crippen LogP contribution in [-0.4, -0.2) is 29.4 Å². The molecule has 1 N–H and O–H groups in total. The lowest BCUT2D eigenvalue weighted by Gasteiger charge is -2.19. The van der Waals surface area contributed by atoms with E-state index in [4.69, 9.17) is 14.1 Å². The summed E-state index contributed by atoms with van der Waals surface area (Å²) in [6, 6.07) is 1.71. The van der Waals surface area contributed by atoms with Crippen molar-refractivity contribution in [3.8, 4) is 11.5 Å². The topological polar surface area (TPSA) is 86.5 Å². The number of nitrogens with one attached hydrogen (secondary N) is 1. The first-order valence-corrected chi connectivity index (χ1v) is 6.08. The lowest BCUT2D eigenvalue weighted by Crippen LogP contribution is -2.13. The number of carbonyl (C=O) groups is 1. The fourth-order valence-corrected chi connectivity index (χ4v) is 1.99. The molecule has 2 heterocycles. The van der Waals surface area contributed by atoms with E-state index in [2.05, 4.69) is 15.6 Å². The summed E-state index contributed by atoms with van der Waals surface area (Å²) in [7, 11) is 0. The van der Waals surface area contributed by atoms with Gasteiger partial charge in [-0.2, -0.15) is 0 Å². The molecule has 0 aliphatic carbocycles. The molecule has 0 saturated carbocycles. The molecule has 0 bridgehead atoms. The summed E-state index contributed by atoms with van der Waals surface area (Å²) >= 11 is 0. The van der Waals surface area contributed by atoms with E-state index in [-0.39, 0.29) is 5.91 Å². The van der Waals surface area contributed by atoms with Crippen molar-refractivity contribution in [3.05, 3.63) is 6.07 Å². The number of amides is 1. The van der Waals surface area contributed by atoms with E-state index >= 15 is 0 Å². The minimum atomic E-state index is -0.219. The van der Waals surface area contributed by atoms with Crippen molar-refractivity contribution < 1.29 is 18.9 Å². The van der Waals surface area contributed by atoms with Gasteiger partial charge in [-0.1, -0.05) is 0 Å². The minimum absolute atomic E-state index is 0.219. The molecule has 0 spiro atoms. The standard InChI is InChI=1S/C12H13N3O4/c1-7(16)13-11-10-8(14-19-15-10)6-9-12(11)18-5-3-2-4-17-9/h6H,2-5H2,1H3,(H,13,16). The first kappa shape index (κ1) is 11.8. The summed E-state index contributed by atoms with van der Waals surface area (Å²) < 4.78 is 16.0. The lowest BCUT2D eigenvalue weighted by molar-refractivity contribution is -0.114. The van der Waals surface area contributed by atoms with E-state index in [0.717, 1.165) is 12.8 Å². The maximum absolute atomic E-state index is 11.3. The van der Waals surface area contributed by atoms with Gasteiger partial charge >= 0.3 is 0 Å². The normalized spacial score (nSPS) is 14.8. The van der Waals surface area contributed by atoms with Crippen LogP contribution in [0.25, 0.3) is 11.0 Å². The lowest BCUT2D eigenvalue weighted by atomic mass is 10.2. The van der Waals surface area contributed by atoms with Crippen molar-refractivity contribution in [3.63, 3.8) is 0 Å². The Morgan fingerprint density at radius 1 is 1.26 bits per heavy atom. The van der Waals surface area contributed by atoms with Crippen LogP contribution in [0.15, 0.2) is 10.7 Å². The van der Waals surface area contributed by atoms with Gasteiger partial charge in [0.05, 0.1) is 13.2 Å². The Labute approximate surface area is 108 Å². The molecule has 1 aliphatic rings. The second-order valence-corrected chi connectivity index (χ2v) is 4.30. The van der Waals surface area contributed by atoms with E-state index in [0.29, 0.717) is 41.4 Å². The Morgan fingerprint density at radius 3 is 2.84 bits per heavy atom. The van der Waals surface area contributed by atoms with Gasteiger partial charge in [0, 0.05) is 13.0 Å². The average Bonchev–Trinajstić information content (AvgIpc) is 2.78. The SMILES string of the molecule is CC(=O)Nc1c2c(cc3nonc13)OCCCCO2. The third kappa shape index (κ3) is 2.18. The second kappa shape index (κ2) is 4.75. The van der Waals surface area contributed by atoms with Gasteiger partial charge in [-0.05, 0) is 23.2 Å². The summed E-state index contributed by atoms with van der Waals surface area (Å²) in [5.74, 6) is 0.813. The molecule has 19 heavy (non-hydrogen) atoms. The highest BCUT2D eigenvalue weighted by Gasteiger charge is 2.21. The Hall–Kier alpha value is -2.31. The van der Waals surface area contributed by atoms with Gasteiger partial charge in [0.1, 0.15) is 11.2 Å². The monoisotopic (exact) mass is 263 g/mol. The van der Waals surface area contributed by atoms with E-state index in [1.165, 1.54) is 6.92 Å². The number of ether oxygens (including phenoxy) is 2. The van der Waals surface area contributed by atoms with Crippen molar-refractivity contribution in [2.24, 2.45) is 0 Å². The molecule has 0 unspecified atom stereocenters. The second-order valence-electron chi connectivity index (χ2n) is 4.30. The molecule has 0 fully saturated rings. The third-order valence-electron chi connectivity index (χ3n) is 2.81. The van der Waals surface area contributed by atoms with Gasteiger partial charge in [0.2, 0.25) is 5.91 Å². The van der Waals surface area contributed by atoms with E-state index in [1.807, 2.05) is 0 Å². The third-order valence-corrected chi connectivity index (χ3v) is 2.81. The number of benzene rings is 1. The maximum atomic E-state index is 11.3. The van der Waals surface area contributed by atoms with E-state index in [1.54, 1.807) is 6.07 Å². The molecule has 1 aromatic carbocycles. The molecule has 3 rings (SSSR count). The van der Waals surface area contributed by atoms with Gasteiger partial charge in [-0.3, -0.25) is 4.79 Å². The van der Waals surface area contributed by atoms with Crippen LogP contribution in [-0.2, 0) is 4.79 Å². The number of carbonyl (C=O) groups excluding carboxylic acids is 1. The Kier molecular flexibility index (Phi) is 2.94. The fraction of sp³-hybridized carbons (Fsp3) is 0.417. The quantitative estimate of drug-likeness (QED) is 0.843. The molecular weight excluding hydrogens is 250 g/mol. The first-order valence-electron chi connectivity index (χ1n) is 6.08. The molecule has 100 valence electrons. The van der Waals surface area contributed by atoms with Crippen LogP contribution in [0.3, 0.4) is 0 Å². The molecular formula is C12H13N3O4. The molecule has 0 saturated heterocycles. The van der Waals surface area contributed by atoms with Crippen LogP contribution in [0, 0.1) is 0 Å². The maximum Gasteiger partial charge on any atom is 0.221 e. The summed E-state index contributed by atoms with van der Waals surface area (Å²) in [5, 5.41) is 10.3. The van der Waals surface area contributed by atoms with Crippen LogP contribution < -0.4 is 14.8 Å². The molecule has 7 nitrogen and oxygen atoms in total. The number of rotatable bonds is 1. The zero-order valence-corrected chi connectivity index (χ0v) is 10.4. The van der Waals surface area contributed by atoms with Crippen LogP contribution in [0.4, 0.5) is 5.69 Å². The van der Waals surface area contributed by atoms with Crippen LogP contribution in [0.2, 0.25) is 0 Å². The van der Waals surface area contributed by atoms with Gasteiger partial charge in [-0.15, -0.1) is 0 Å². The fourth-order valence-electron chi connectivity index (χ4n) is 1.99. The molecule has 1 aliphatic heterocycles. The van der Waals surface area contributed by atoms with Crippen molar-refractivity contribution in [2.75, 3.05) is 18.5 Å². The van der Waals surface area contributed by atoms with Crippen LogP contribution in [0.5, 0.6) is 11.5 Å². The van der Waals surface area contributed by atoms with Crippen molar-refractivity contribution in [1.29, 1.82) is 0 Å². The number of fused-ring (bicyclic) bond motifs is 2. The van der Waals surface area contributed by atoms with Crippen LogP contribution >= 0.6 is 0 Å². The van der Waals surface area contributed by atoms with Crippen LogP contribution in [0.1, 0.15) is 19.8 Å².